The van der Waals surface area contributed by atoms with Gasteiger partial charge in [0.25, 0.3) is 0 Å². The van der Waals surface area contributed by atoms with Crippen LogP contribution in [-0.2, 0) is 0 Å². The van der Waals surface area contributed by atoms with E-state index < -0.39 is 0 Å². The van der Waals surface area contributed by atoms with Gasteiger partial charge >= 0.3 is 12.0 Å². The van der Waals surface area contributed by atoms with Gasteiger partial charge in [0.15, 0.2) is 0 Å². The number of amides is 2. The lowest BCUT2D eigenvalue weighted by atomic mass is 9.93. The van der Waals surface area contributed by atoms with Crippen molar-refractivity contribution < 1.29 is 9.53 Å². The van der Waals surface area contributed by atoms with Crippen LogP contribution in [-0.4, -0.2) is 28.1 Å². The highest BCUT2D eigenvalue weighted by Gasteiger charge is 2.24. The minimum atomic E-state index is -0.255. The summed E-state index contributed by atoms with van der Waals surface area (Å²) in [4.78, 5) is 20.2. The molecule has 3 rings (SSSR count). The van der Waals surface area contributed by atoms with Gasteiger partial charge in [-0.3, -0.25) is 0 Å². The first kappa shape index (κ1) is 17.8. The molecule has 1 aliphatic rings. The van der Waals surface area contributed by atoms with Gasteiger partial charge in [-0.15, -0.1) is 0 Å². The van der Waals surface area contributed by atoms with Gasteiger partial charge < -0.3 is 15.4 Å². The van der Waals surface area contributed by atoms with Gasteiger partial charge in [-0.1, -0.05) is 23.2 Å². The van der Waals surface area contributed by atoms with Crippen LogP contribution in [0.15, 0.2) is 36.7 Å². The summed E-state index contributed by atoms with van der Waals surface area (Å²) in [5, 5.41) is 6.59. The van der Waals surface area contributed by atoms with Gasteiger partial charge in [0, 0.05) is 24.1 Å². The number of halogens is 2. The maximum absolute atomic E-state index is 12.1. The van der Waals surface area contributed by atoms with E-state index in [0.29, 0.717) is 21.7 Å². The summed E-state index contributed by atoms with van der Waals surface area (Å²) in [6.45, 7) is 0. The van der Waals surface area contributed by atoms with E-state index in [0.717, 1.165) is 25.7 Å². The summed E-state index contributed by atoms with van der Waals surface area (Å²) in [5.41, 5.74) is 0.602. The number of benzene rings is 1. The van der Waals surface area contributed by atoms with E-state index in [1.54, 1.807) is 36.7 Å². The van der Waals surface area contributed by atoms with Crippen LogP contribution in [0.3, 0.4) is 0 Å². The predicted molar refractivity (Wildman–Crippen MR) is 97.3 cm³/mol. The molecule has 0 aliphatic heterocycles. The Morgan fingerprint density at radius 2 is 1.80 bits per heavy atom. The monoisotopic (exact) mass is 380 g/mol. The van der Waals surface area contributed by atoms with E-state index in [9.17, 15) is 4.79 Å². The van der Waals surface area contributed by atoms with E-state index in [2.05, 4.69) is 20.6 Å². The lowest BCUT2D eigenvalue weighted by Gasteiger charge is -2.28. The Morgan fingerprint density at radius 1 is 1.08 bits per heavy atom. The third kappa shape index (κ3) is 5.21. The Bertz CT molecular complexity index is 722. The van der Waals surface area contributed by atoms with Crippen molar-refractivity contribution in [3.8, 4) is 6.01 Å². The number of nitrogens with one attached hydrogen (secondary N) is 2. The van der Waals surface area contributed by atoms with Gasteiger partial charge in [-0.2, -0.15) is 0 Å². The standard InChI is InChI=1S/C17H18Cl2N4O2/c18-14-7-4-12(10-15(14)19)23-16(24)22-11-2-5-13(6-3-11)25-17-20-8-1-9-21-17/h1,4,7-11,13H,2-3,5-6H2,(H2,22,23,24). The molecule has 0 radical (unpaired) electrons. The highest BCUT2D eigenvalue weighted by Crippen LogP contribution is 2.25. The Hall–Kier alpha value is -2.05. The molecule has 1 saturated carbocycles. The molecule has 0 atom stereocenters. The Labute approximate surface area is 155 Å². The van der Waals surface area contributed by atoms with Gasteiger partial charge in [-0.25, -0.2) is 14.8 Å². The molecule has 2 N–H and O–H groups in total. The minimum Gasteiger partial charge on any atom is -0.460 e. The summed E-state index contributed by atoms with van der Waals surface area (Å²) in [7, 11) is 0. The molecule has 1 aliphatic carbocycles. The van der Waals surface area contributed by atoms with Crippen molar-refractivity contribution in [1.82, 2.24) is 15.3 Å². The molecule has 8 heteroatoms. The number of aromatic nitrogens is 2. The van der Waals surface area contributed by atoms with Gasteiger partial charge in [-0.05, 0) is 49.9 Å². The fourth-order valence-electron chi connectivity index (χ4n) is 2.75. The maximum Gasteiger partial charge on any atom is 0.319 e. The summed E-state index contributed by atoms with van der Waals surface area (Å²) in [6.07, 6.45) is 6.76. The van der Waals surface area contributed by atoms with Crippen LogP contribution in [0.1, 0.15) is 25.7 Å². The highest BCUT2D eigenvalue weighted by atomic mass is 35.5. The second-order valence-electron chi connectivity index (χ2n) is 5.85. The Kier molecular flexibility index (Phi) is 5.94. The van der Waals surface area contributed by atoms with Crippen LogP contribution in [0.5, 0.6) is 6.01 Å². The van der Waals surface area contributed by atoms with Crippen LogP contribution in [0.2, 0.25) is 10.0 Å². The fraction of sp³-hybridized carbons (Fsp3) is 0.353. The number of hydrogen-bond donors (Lipinski definition) is 2. The molecule has 0 spiro atoms. The first-order valence-electron chi connectivity index (χ1n) is 8.06. The number of ether oxygens (including phenoxy) is 1. The Balaban J connectivity index is 1.43. The third-order valence-corrected chi connectivity index (χ3v) is 4.74. The average Bonchev–Trinajstić information content (AvgIpc) is 2.61. The molecule has 1 fully saturated rings. The zero-order valence-electron chi connectivity index (χ0n) is 13.4. The molecule has 1 aromatic carbocycles. The summed E-state index contributed by atoms with van der Waals surface area (Å²) in [5.74, 6) is 0. The summed E-state index contributed by atoms with van der Waals surface area (Å²) in [6, 6.07) is 6.98. The number of carbonyl (C=O) groups excluding carboxylic acids is 1. The fourth-order valence-corrected chi connectivity index (χ4v) is 3.04. The second kappa shape index (κ2) is 8.36. The smallest absolute Gasteiger partial charge is 0.319 e. The largest absolute Gasteiger partial charge is 0.460 e. The Morgan fingerprint density at radius 3 is 2.48 bits per heavy atom. The van der Waals surface area contributed by atoms with E-state index in [1.807, 2.05) is 0 Å². The number of hydrogen-bond acceptors (Lipinski definition) is 4. The van der Waals surface area contributed by atoms with Crippen LogP contribution < -0.4 is 15.4 Å². The van der Waals surface area contributed by atoms with Crippen molar-refractivity contribution in [1.29, 1.82) is 0 Å². The lowest BCUT2D eigenvalue weighted by Crippen LogP contribution is -2.41. The minimum absolute atomic E-state index is 0.0820. The molecule has 0 saturated heterocycles. The SMILES string of the molecule is O=C(Nc1ccc(Cl)c(Cl)c1)NC1CCC(Oc2ncccn2)CC1. The summed E-state index contributed by atoms with van der Waals surface area (Å²) >= 11 is 11.8. The topological polar surface area (TPSA) is 76.1 Å². The quantitative estimate of drug-likeness (QED) is 0.828. The van der Waals surface area contributed by atoms with Crippen molar-refractivity contribution in [3.05, 3.63) is 46.7 Å². The van der Waals surface area contributed by atoms with Crippen molar-refractivity contribution >= 4 is 34.9 Å². The number of carbonyl (C=O) groups is 1. The van der Waals surface area contributed by atoms with E-state index in [1.165, 1.54) is 0 Å². The molecular formula is C17H18Cl2N4O2. The van der Waals surface area contributed by atoms with Gasteiger partial charge in [0.1, 0.15) is 6.10 Å². The maximum atomic E-state index is 12.1. The predicted octanol–water partition coefficient (Wildman–Crippen LogP) is 4.30. The number of nitrogens with zero attached hydrogens (tertiary/aromatic N) is 2. The van der Waals surface area contributed by atoms with E-state index in [4.69, 9.17) is 27.9 Å². The number of urea groups is 1. The number of rotatable bonds is 4. The van der Waals surface area contributed by atoms with Crippen molar-refractivity contribution in [2.75, 3.05) is 5.32 Å². The van der Waals surface area contributed by atoms with Crippen LogP contribution in [0.25, 0.3) is 0 Å². The van der Waals surface area contributed by atoms with E-state index >= 15 is 0 Å². The molecule has 132 valence electrons. The van der Waals surface area contributed by atoms with Crippen LogP contribution in [0.4, 0.5) is 10.5 Å². The normalized spacial score (nSPS) is 19.9. The van der Waals surface area contributed by atoms with Crippen molar-refractivity contribution in [2.24, 2.45) is 0 Å². The van der Waals surface area contributed by atoms with Gasteiger partial charge in [0.05, 0.1) is 10.0 Å². The van der Waals surface area contributed by atoms with Crippen LogP contribution in [0, 0.1) is 0 Å². The van der Waals surface area contributed by atoms with E-state index in [-0.39, 0.29) is 18.2 Å². The first-order chi connectivity index (χ1) is 12.1. The average molecular weight is 381 g/mol. The highest BCUT2D eigenvalue weighted by molar-refractivity contribution is 6.42. The molecule has 2 amide bonds. The molecule has 1 aromatic heterocycles. The molecule has 0 unspecified atom stereocenters. The zero-order valence-corrected chi connectivity index (χ0v) is 14.9. The zero-order chi connectivity index (χ0) is 17.6. The number of anilines is 1. The molecular weight excluding hydrogens is 363 g/mol. The van der Waals surface area contributed by atoms with Crippen LogP contribution >= 0.6 is 23.2 Å². The van der Waals surface area contributed by atoms with Crippen molar-refractivity contribution in [3.63, 3.8) is 0 Å². The molecule has 1 heterocycles. The van der Waals surface area contributed by atoms with Crippen molar-refractivity contribution in [2.45, 2.75) is 37.8 Å². The summed E-state index contributed by atoms with van der Waals surface area (Å²) < 4.78 is 5.75. The lowest BCUT2D eigenvalue weighted by molar-refractivity contribution is 0.129. The van der Waals surface area contributed by atoms with Gasteiger partial charge in [0.2, 0.25) is 0 Å². The molecule has 25 heavy (non-hydrogen) atoms. The molecule has 2 aromatic rings. The second-order valence-corrected chi connectivity index (χ2v) is 6.66. The third-order valence-electron chi connectivity index (χ3n) is 4.00. The molecule has 6 nitrogen and oxygen atoms in total. The molecule has 0 bridgehead atoms. The first-order valence-corrected chi connectivity index (χ1v) is 8.82.